The average Bonchev–Trinajstić information content (AvgIpc) is 2.94. The second kappa shape index (κ2) is 6.39. The van der Waals surface area contributed by atoms with E-state index >= 15 is 0 Å². The highest BCUT2D eigenvalue weighted by Crippen LogP contribution is 2.07. The Morgan fingerprint density at radius 3 is 2.95 bits per heavy atom. The van der Waals surface area contributed by atoms with Crippen LogP contribution < -0.4 is 5.32 Å². The fourth-order valence-corrected chi connectivity index (χ4v) is 2.30. The summed E-state index contributed by atoms with van der Waals surface area (Å²) in [7, 11) is 0. The van der Waals surface area contributed by atoms with Crippen LogP contribution in [0.5, 0.6) is 0 Å². The second-order valence-electron chi connectivity index (χ2n) is 5.10. The number of carbonyl (C=O) groups is 1. The van der Waals surface area contributed by atoms with E-state index in [9.17, 15) is 9.18 Å². The Morgan fingerprint density at radius 2 is 2.14 bits per heavy atom. The van der Waals surface area contributed by atoms with Crippen molar-refractivity contribution in [2.24, 2.45) is 0 Å². The number of fused-ring (bicyclic) bond motifs is 1. The van der Waals surface area contributed by atoms with Gasteiger partial charge in [0.25, 0.3) is 0 Å². The first-order valence-electron chi connectivity index (χ1n) is 7.14. The van der Waals surface area contributed by atoms with E-state index in [0.717, 1.165) is 16.9 Å². The molecule has 0 fully saturated rings. The van der Waals surface area contributed by atoms with Crippen LogP contribution in [-0.2, 0) is 17.8 Å². The van der Waals surface area contributed by atoms with E-state index < -0.39 is 0 Å². The van der Waals surface area contributed by atoms with Crippen LogP contribution in [0.15, 0.2) is 54.9 Å². The standard InChI is InChI=1S/C17H16FN3O/c18-14-5-3-4-13(10-14)7-8-17(22)19-11-15-12-21-9-2-1-6-16(21)20-15/h1-6,9-10,12H,7-8,11H2,(H,19,22). The first-order chi connectivity index (χ1) is 10.7. The van der Waals surface area contributed by atoms with Crippen molar-refractivity contribution in [1.29, 1.82) is 0 Å². The highest BCUT2D eigenvalue weighted by Gasteiger charge is 2.05. The van der Waals surface area contributed by atoms with Crippen LogP contribution in [0.2, 0.25) is 0 Å². The normalized spacial score (nSPS) is 10.8. The number of pyridine rings is 1. The molecule has 5 heteroatoms. The summed E-state index contributed by atoms with van der Waals surface area (Å²) in [5.74, 6) is -0.344. The van der Waals surface area contributed by atoms with Gasteiger partial charge in [0.15, 0.2) is 0 Å². The van der Waals surface area contributed by atoms with Crippen molar-refractivity contribution in [1.82, 2.24) is 14.7 Å². The van der Waals surface area contributed by atoms with Gasteiger partial charge in [-0.2, -0.15) is 0 Å². The third-order valence-electron chi connectivity index (χ3n) is 3.41. The van der Waals surface area contributed by atoms with Crippen LogP contribution in [0, 0.1) is 5.82 Å². The molecule has 0 saturated carbocycles. The highest BCUT2D eigenvalue weighted by molar-refractivity contribution is 5.76. The smallest absolute Gasteiger partial charge is 0.220 e. The van der Waals surface area contributed by atoms with Crippen LogP contribution in [0.1, 0.15) is 17.7 Å². The van der Waals surface area contributed by atoms with Crippen LogP contribution in [0.25, 0.3) is 5.65 Å². The molecule has 22 heavy (non-hydrogen) atoms. The fraction of sp³-hybridized carbons (Fsp3) is 0.176. The minimum atomic E-state index is -0.275. The first kappa shape index (κ1) is 14.3. The number of carbonyl (C=O) groups excluding carboxylic acids is 1. The van der Waals surface area contributed by atoms with Gasteiger partial charge in [-0.05, 0) is 36.2 Å². The number of rotatable bonds is 5. The third-order valence-corrected chi connectivity index (χ3v) is 3.41. The van der Waals surface area contributed by atoms with Crippen molar-refractivity contribution in [2.75, 3.05) is 0 Å². The quantitative estimate of drug-likeness (QED) is 0.787. The average molecular weight is 297 g/mol. The third kappa shape index (κ3) is 3.49. The van der Waals surface area contributed by atoms with Gasteiger partial charge < -0.3 is 9.72 Å². The van der Waals surface area contributed by atoms with Crippen molar-refractivity contribution in [3.8, 4) is 0 Å². The number of hydrogen-bond donors (Lipinski definition) is 1. The minimum absolute atomic E-state index is 0.0682. The van der Waals surface area contributed by atoms with E-state index in [2.05, 4.69) is 10.3 Å². The summed E-state index contributed by atoms with van der Waals surface area (Å²) in [5, 5.41) is 2.84. The Balaban J connectivity index is 1.51. The minimum Gasteiger partial charge on any atom is -0.350 e. The van der Waals surface area contributed by atoms with Gasteiger partial charge in [-0.3, -0.25) is 4.79 Å². The lowest BCUT2D eigenvalue weighted by molar-refractivity contribution is -0.121. The number of amides is 1. The molecule has 0 aliphatic carbocycles. The van der Waals surface area contributed by atoms with E-state index in [1.54, 1.807) is 6.07 Å². The number of aryl methyl sites for hydroxylation is 1. The molecule has 3 rings (SSSR count). The molecule has 2 heterocycles. The van der Waals surface area contributed by atoms with Gasteiger partial charge in [0.05, 0.1) is 12.2 Å². The zero-order chi connectivity index (χ0) is 15.4. The maximum absolute atomic E-state index is 13.1. The fourth-order valence-electron chi connectivity index (χ4n) is 2.30. The van der Waals surface area contributed by atoms with E-state index in [0.29, 0.717) is 19.4 Å². The first-order valence-corrected chi connectivity index (χ1v) is 7.14. The van der Waals surface area contributed by atoms with Gasteiger partial charge in [-0.1, -0.05) is 18.2 Å². The molecule has 4 nitrogen and oxygen atoms in total. The number of nitrogens with one attached hydrogen (secondary N) is 1. The zero-order valence-corrected chi connectivity index (χ0v) is 12.0. The number of halogens is 1. The number of hydrogen-bond acceptors (Lipinski definition) is 2. The van der Waals surface area contributed by atoms with Crippen molar-refractivity contribution < 1.29 is 9.18 Å². The molecular weight excluding hydrogens is 281 g/mol. The molecular formula is C17H16FN3O. The molecule has 0 radical (unpaired) electrons. The zero-order valence-electron chi connectivity index (χ0n) is 12.0. The summed E-state index contributed by atoms with van der Waals surface area (Å²) in [5.41, 5.74) is 2.49. The Kier molecular flexibility index (Phi) is 4.14. The molecule has 0 saturated heterocycles. The van der Waals surface area contributed by atoms with Crippen LogP contribution in [0.3, 0.4) is 0 Å². The van der Waals surface area contributed by atoms with E-state index in [1.807, 2.05) is 41.1 Å². The molecule has 1 amide bonds. The lowest BCUT2D eigenvalue weighted by Gasteiger charge is -2.03. The largest absolute Gasteiger partial charge is 0.350 e. The topological polar surface area (TPSA) is 46.4 Å². The summed E-state index contributed by atoms with van der Waals surface area (Å²) < 4.78 is 15.0. The summed E-state index contributed by atoms with van der Waals surface area (Å²) in [6.45, 7) is 0.393. The number of imidazole rings is 1. The van der Waals surface area contributed by atoms with Gasteiger partial charge >= 0.3 is 0 Å². The predicted octanol–water partition coefficient (Wildman–Crippen LogP) is 2.72. The highest BCUT2D eigenvalue weighted by atomic mass is 19.1. The van der Waals surface area contributed by atoms with E-state index in [-0.39, 0.29) is 11.7 Å². The molecule has 0 atom stereocenters. The van der Waals surface area contributed by atoms with Gasteiger partial charge in [-0.15, -0.1) is 0 Å². The maximum Gasteiger partial charge on any atom is 0.220 e. The maximum atomic E-state index is 13.1. The predicted molar refractivity (Wildman–Crippen MR) is 81.8 cm³/mol. The number of nitrogens with zero attached hydrogens (tertiary/aromatic N) is 2. The monoisotopic (exact) mass is 297 g/mol. The Hall–Kier alpha value is -2.69. The Morgan fingerprint density at radius 1 is 1.23 bits per heavy atom. The Labute approximate surface area is 127 Å². The van der Waals surface area contributed by atoms with Crippen molar-refractivity contribution >= 4 is 11.6 Å². The lowest BCUT2D eigenvalue weighted by atomic mass is 10.1. The van der Waals surface area contributed by atoms with Crippen molar-refractivity contribution in [3.63, 3.8) is 0 Å². The molecule has 0 spiro atoms. The molecule has 0 aliphatic heterocycles. The summed E-state index contributed by atoms with van der Waals surface area (Å²) >= 11 is 0. The van der Waals surface area contributed by atoms with Crippen LogP contribution in [-0.4, -0.2) is 15.3 Å². The van der Waals surface area contributed by atoms with Crippen LogP contribution in [0.4, 0.5) is 4.39 Å². The van der Waals surface area contributed by atoms with Gasteiger partial charge in [0.1, 0.15) is 11.5 Å². The summed E-state index contributed by atoms with van der Waals surface area (Å²) in [6.07, 6.45) is 4.66. The second-order valence-corrected chi connectivity index (χ2v) is 5.10. The van der Waals surface area contributed by atoms with E-state index in [4.69, 9.17) is 0 Å². The number of aromatic nitrogens is 2. The Bertz CT molecular complexity index is 764. The van der Waals surface area contributed by atoms with Gasteiger partial charge in [0, 0.05) is 18.8 Å². The van der Waals surface area contributed by atoms with Gasteiger partial charge in [0.2, 0.25) is 5.91 Å². The molecule has 1 aromatic carbocycles. The molecule has 0 bridgehead atoms. The lowest BCUT2D eigenvalue weighted by Crippen LogP contribution is -2.23. The number of benzene rings is 1. The van der Waals surface area contributed by atoms with Crippen LogP contribution >= 0.6 is 0 Å². The summed E-state index contributed by atoms with van der Waals surface area (Å²) in [6, 6.07) is 12.1. The molecule has 1 N–H and O–H groups in total. The summed E-state index contributed by atoms with van der Waals surface area (Å²) in [4.78, 5) is 16.3. The SMILES string of the molecule is O=C(CCc1cccc(F)c1)NCc1cn2ccccc2n1. The van der Waals surface area contributed by atoms with E-state index in [1.165, 1.54) is 12.1 Å². The van der Waals surface area contributed by atoms with Crippen molar-refractivity contribution in [3.05, 3.63) is 71.9 Å². The molecule has 3 aromatic rings. The van der Waals surface area contributed by atoms with Gasteiger partial charge in [-0.25, -0.2) is 9.37 Å². The molecule has 2 aromatic heterocycles. The molecule has 112 valence electrons. The molecule has 0 aliphatic rings. The van der Waals surface area contributed by atoms with Crippen molar-refractivity contribution in [2.45, 2.75) is 19.4 Å². The molecule has 0 unspecified atom stereocenters.